The monoisotopic (exact) mass is 454 g/mol. The molecule has 0 unspecified atom stereocenters. The van der Waals surface area contributed by atoms with Gasteiger partial charge in [-0.1, -0.05) is 54.6 Å². The van der Waals surface area contributed by atoms with Crippen LogP contribution in [0.15, 0.2) is 78.5 Å². The van der Waals surface area contributed by atoms with Crippen molar-refractivity contribution in [2.45, 2.75) is 19.9 Å². The van der Waals surface area contributed by atoms with Gasteiger partial charge >= 0.3 is 0 Å². The minimum absolute atomic E-state index is 0.350. The van der Waals surface area contributed by atoms with Crippen molar-refractivity contribution in [3.63, 3.8) is 0 Å². The number of ether oxygens (including phenoxy) is 2. The van der Waals surface area contributed by atoms with Gasteiger partial charge in [0.2, 0.25) is 0 Å². The summed E-state index contributed by atoms with van der Waals surface area (Å²) in [5.41, 5.74) is 4.23. The molecule has 172 valence electrons. The van der Waals surface area contributed by atoms with Gasteiger partial charge in [-0.3, -0.25) is 9.59 Å². The number of rotatable bonds is 6. The molecule has 0 saturated heterocycles. The second kappa shape index (κ2) is 9.06. The van der Waals surface area contributed by atoms with Gasteiger partial charge in [0, 0.05) is 18.7 Å². The van der Waals surface area contributed by atoms with Crippen LogP contribution in [0.4, 0.5) is 5.69 Å². The predicted molar refractivity (Wildman–Crippen MR) is 131 cm³/mol. The summed E-state index contributed by atoms with van der Waals surface area (Å²) in [7, 11) is 1.57. The Morgan fingerprint density at radius 2 is 1.50 bits per heavy atom. The third-order valence-corrected chi connectivity index (χ3v) is 6.29. The van der Waals surface area contributed by atoms with Crippen molar-refractivity contribution in [3.8, 4) is 11.5 Å². The maximum absolute atomic E-state index is 14.0. The van der Waals surface area contributed by atoms with Gasteiger partial charge in [-0.15, -0.1) is 0 Å². The van der Waals surface area contributed by atoms with Crippen molar-refractivity contribution in [2.24, 2.45) is 0 Å². The molecule has 0 aliphatic carbocycles. The highest BCUT2D eigenvalue weighted by Crippen LogP contribution is 2.41. The fraction of sp³-hybridized carbons (Fsp3) is 0.214. The summed E-state index contributed by atoms with van der Waals surface area (Å²) >= 11 is 0. The first-order valence-electron chi connectivity index (χ1n) is 11.4. The van der Waals surface area contributed by atoms with E-state index in [1.165, 1.54) is 10.5 Å². The van der Waals surface area contributed by atoms with E-state index in [2.05, 4.69) is 12.1 Å². The molecule has 2 aliphatic heterocycles. The number of carbonyl (C=O) groups is 2. The predicted octanol–water partition coefficient (Wildman–Crippen LogP) is 4.44. The maximum Gasteiger partial charge on any atom is 0.282 e. The summed E-state index contributed by atoms with van der Waals surface area (Å²) in [4.78, 5) is 31.2. The molecule has 0 saturated carbocycles. The van der Waals surface area contributed by atoms with Crippen LogP contribution < -0.4 is 14.4 Å². The van der Waals surface area contributed by atoms with Crippen LogP contribution in [0.25, 0.3) is 5.57 Å². The van der Waals surface area contributed by atoms with Crippen LogP contribution in [0.3, 0.4) is 0 Å². The van der Waals surface area contributed by atoms with E-state index in [-0.39, 0.29) is 11.8 Å². The van der Waals surface area contributed by atoms with Crippen LogP contribution in [0, 0.1) is 0 Å². The number of para-hydroxylation sites is 3. The molecule has 2 amide bonds. The lowest BCUT2D eigenvalue weighted by Crippen LogP contribution is -2.37. The highest BCUT2D eigenvalue weighted by molar-refractivity contribution is 6.46. The molecule has 6 heteroatoms. The Morgan fingerprint density at radius 1 is 0.824 bits per heavy atom. The molecule has 0 aromatic heterocycles. The average Bonchev–Trinajstić information content (AvgIpc) is 3.13. The zero-order chi connectivity index (χ0) is 23.7. The first-order valence-corrected chi connectivity index (χ1v) is 11.4. The number of carbonyl (C=O) groups excluding carboxylic acids is 2. The van der Waals surface area contributed by atoms with Gasteiger partial charge in [0.1, 0.15) is 17.2 Å². The summed E-state index contributed by atoms with van der Waals surface area (Å²) in [6.07, 6.45) is 0.801. The minimum atomic E-state index is -0.379. The lowest BCUT2D eigenvalue weighted by Gasteiger charge is -2.31. The number of imide groups is 1. The number of benzene rings is 3. The summed E-state index contributed by atoms with van der Waals surface area (Å²) in [5, 5.41) is 0. The second-order valence-electron chi connectivity index (χ2n) is 8.21. The summed E-state index contributed by atoms with van der Waals surface area (Å²) in [6, 6.07) is 22.7. The van der Waals surface area contributed by atoms with Crippen molar-refractivity contribution in [1.82, 2.24) is 4.90 Å². The Bertz CT molecular complexity index is 1300. The number of amides is 2. The van der Waals surface area contributed by atoms with E-state index >= 15 is 0 Å². The van der Waals surface area contributed by atoms with E-state index in [0.717, 1.165) is 12.0 Å². The Labute approximate surface area is 199 Å². The fourth-order valence-corrected chi connectivity index (χ4v) is 4.73. The van der Waals surface area contributed by atoms with Gasteiger partial charge in [-0.25, -0.2) is 4.90 Å². The van der Waals surface area contributed by atoms with E-state index in [1.807, 2.05) is 48.2 Å². The van der Waals surface area contributed by atoms with Gasteiger partial charge in [-0.2, -0.15) is 0 Å². The maximum atomic E-state index is 14.0. The number of nitrogens with zero attached hydrogens (tertiary/aromatic N) is 2. The number of anilines is 1. The first kappa shape index (κ1) is 21.8. The Morgan fingerprint density at radius 3 is 2.26 bits per heavy atom. The molecular formula is C28H26N2O4. The molecule has 3 aromatic rings. The number of fused-ring (bicyclic) bond motifs is 1. The molecule has 2 aliphatic rings. The number of methoxy groups -OCH3 is 1. The van der Waals surface area contributed by atoms with E-state index in [1.54, 1.807) is 31.4 Å². The number of hydrogen-bond acceptors (Lipinski definition) is 5. The van der Waals surface area contributed by atoms with Crippen LogP contribution in [-0.4, -0.2) is 37.0 Å². The Balaban J connectivity index is 1.66. The quantitative estimate of drug-likeness (QED) is 0.516. The second-order valence-corrected chi connectivity index (χ2v) is 8.21. The third-order valence-electron chi connectivity index (χ3n) is 6.29. The largest absolute Gasteiger partial charge is 0.496 e. The molecule has 34 heavy (non-hydrogen) atoms. The van der Waals surface area contributed by atoms with Crippen LogP contribution in [0.2, 0.25) is 0 Å². The topological polar surface area (TPSA) is 59.1 Å². The van der Waals surface area contributed by atoms with Gasteiger partial charge in [-0.05, 0) is 42.7 Å². The summed E-state index contributed by atoms with van der Waals surface area (Å²) < 4.78 is 11.3. The molecule has 5 rings (SSSR count). The van der Waals surface area contributed by atoms with Crippen molar-refractivity contribution in [1.29, 1.82) is 0 Å². The van der Waals surface area contributed by atoms with Gasteiger partial charge in [0.25, 0.3) is 11.8 Å². The first-order chi connectivity index (χ1) is 16.6. The summed E-state index contributed by atoms with van der Waals surface area (Å²) in [6.45, 7) is 3.50. The smallest absolute Gasteiger partial charge is 0.282 e. The molecular weight excluding hydrogens is 428 g/mol. The molecule has 0 fully saturated rings. The molecule has 3 aromatic carbocycles. The van der Waals surface area contributed by atoms with Gasteiger partial charge in [0.15, 0.2) is 0 Å². The third kappa shape index (κ3) is 3.61. The van der Waals surface area contributed by atoms with Crippen LogP contribution >= 0.6 is 0 Å². The zero-order valence-electron chi connectivity index (χ0n) is 19.3. The van der Waals surface area contributed by atoms with Crippen molar-refractivity contribution in [3.05, 3.63) is 95.2 Å². The van der Waals surface area contributed by atoms with Crippen LogP contribution in [-0.2, 0) is 22.6 Å². The lowest BCUT2D eigenvalue weighted by molar-refractivity contribution is -0.120. The van der Waals surface area contributed by atoms with Gasteiger partial charge < -0.3 is 14.4 Å². The Hall–Kier alpha value is -4.06. The average molecular weight is 455 g/mol. The fourth-order valence-electron chi connectivity index (χ4n) is 4.73. The highest BCUT2D eigenvalue weighted by atomic mass is 16.5. The minimum Gasteiger partial charge on any atom is -0.496 e. The van der Waals surface area contributed by atoms with E-state index in [9.17, 15) is 9.59 Å². The van der Waals surface area contributed by atoms with Crippen LogP contribution in [0.1, 0.15) is 23.6 Å². The molecule has 0 N–H and O–H groups in total. The lowest BCUT2D eigenvalue weighted by atomic mass is 9.97. The molecule has 6 nitrogen and oxygen atoms in total. The molecule has 0 spiro atoms. The normalized spacial score (nSPS) is 15.6. The van der Waals surface area contributed by atoms with E-state index in [0.29, 0.717) is 53.7 Å². The van der Waals surface area contributed by atoms with Crippen molar-refractivity contribution in [2.75, 3.05) is 25.2 Å². The molecule has 0 radical (unpaired) electrons. The molecule has 2 heterocycles. The standard InChI is InChI=1S/C28H26N2O4/c1-3-34-24-15-9-7-13-22(24)30-27(31)25(21-12-6-8-14-23(21)33-2)26(28(30)32)29-17-16-19-10-4-5-11-20(19)18-29/h4-15H,3,16-18H2,1-2H3. The molecule has 0 atom stereocenters. The zero-order valence-corrected chi connectivity index (χ0v) is 19.3. The SMILES string of the molecule is CCOc1ccccc1N1C(=O)C(c2ccccc2OC)=C(N2CCc3ccccc3C2)C1=O. The molecule has 0 bridgehead atoms. The van der Waals surface area contributed by atoms with Crippen molar-refractivity contribution >= 4 is 23.1 Å². The Kier molecular flexibility index (Phi) is 5.80. The van der Waals surface area contributed by atoms with Gasteiger partial charge in [0.05, 0.1) is 25.0 Å². The number of hydrogen-bond donors (Lipinski definition) is 0. The van der Waals surface area contributed by atoms with E-state index in [4.69, 9.17) is 9.47 Å². The van der Waals surface area contributed by atoms with E-state index < -0.39 is 0 Å². The summed E-state index contributed by atoms with van der Waals surface area (Å²) in [5.74, 6) is 0.317. The van der Waals surface area contributed by atoms with Crippen LogP contribution in [0.5, 0.6) is 11.5 Å². The van der Waals surface area contributed by atoms with Crippen molar-refractivity contribution < 1.29 is 19.1 Å². The highest BCUT2D eigenvalue weighted by Gasteiger charge is 2.44.